The molecule has 2 heterocycles. The number of rotatable bonds is 7. The summed E-state index contributed by atoms with van der Waals surface area (Å²) in [7, 11) is 1.58. The maximum atomic E-state index is 5.81. The van der Waals surface area contributed by atoms with Gasteiger partial charge in [-0.3, -0.25) is 0 Å². The van der Waals surface area contributed by atoms with E-state index < -0.39 is 0 Å². The lowest BCUT2D eigenvalue weighted by atomic mass is 10.1. The third kappa shape index (κ3) is 4.42. The monoisotopic (exact) mass is 313 g/mol. The van der Waals surface area contributed by atoms with E-state index in [0.717, 1.165) is 36.6 Å². The second kappa shape index (κ2) is 7.92. The van der Waals surface area contributed by atoms with Crippen molar-refractivity contribution in [3.8, 4) is 22.9 Å². The smallest absolute Gasteiger partial charge is 0.233 e. The van der Waals surface area contributed by atoms with E-state index in [-0.39, 0.29) is 0 Å². The molecule has 3 rings (SSSR count). The van der Waals surface area contributed by atoms with Gasteiger partial charge in [0.25, 0.3) is 0 Å². The molecule has 1 saturated heterocycles. The van der Waals surface area contributed by atoms with Crippen LogP contribution in [0.3, 0.4) is 0 Å². The molecular weight excluding hydrogens is 290 g/mol. The predicted octanol–water partition coefficient (Wildman–Crippen LogP) is 3.02. The summed E-state index contributed by atoms with van der Waals surface area (Å²) in [5.74, 6) is 1.42. The Hall–Kier alpha value is -2.14. The van der Waals surface area contributed by atoms with Crippen molar-refractivity contribution in [2.45, 2.75) is 19.3 Å². The second-order valence-corrected chi connectivity index (χ2v) is 5.74. The van der Waals surface area contributed by atoms with E-state index >= 15 is 0 Å². The largest absolute Gasteiger partial charge is 0.494 e. The van der Waals surface area contributed by atoms with Crippen molar-refractivity contribution in [1.29, 1.82) is 0 Å². The average molecular weight is 313 g/mol. The highest BCUT2D eigenvalue weighted by Gasteiger charge is 2.10. The van der Waals surface area contributed by atoms with Gasteiger partial charge in [-0.1, -0.05) is 0 Å². The van der Waals surface area contributed by atoms with Crippen LogP contribution in [-0.4, -0.2) is 48.4 Å². The minimum Gasteiger partial charge on any atom is -0.494 e. The SMILES string of the molecule is COc1ccc(-c2ccc(OCCCN3CCCC3)cc2)nn1. The number of nitrogens with zero attached hydrogens (tertiary/aromatic N) is 3. The molecule has 5 heteroatoms. The van der Waals surface area contributed by atoms with Crippen molar-refractivity contribution in [2.24, 2.45) is 0 Å². The van der Waals surface area contributed by atoms with Crippen LogP contribution in [0.25, 0.3) is 11.3 Å². The second-order valence-electron chi connectivity index (χ2n) is 5.74. The summed E-state index contributed by atoms with van der Waals surface area (Å²) in [5.41, 5.74) is 1.84. The summed E-state index contributed by atoms with van der Waals surface area (Å²) in [4.78, 5) is 2.51. The Balaban J connectivity index is 1.48. The standard InChI is InChI=1S/C18H23N3O2/c1-22-18-10-9-17(19-20-18)15-5-7-16(8-6-15)23-14-4-13-21-11-2-3-12-21/h5-10H,2-4,11-14H2,1H3. The molecule has 0 amide bonds. The number of hydrogen-bond donors (Lipinski definition) is 0. The molecule has 1 aromatic heterocycles. The normalized spacial score (nSPS) is 14.8. The Bertz CT molecular complexity index is 593. The zero-order valence-corrected chi connectivity index (χ0v) is 13.6. The van der Waals surface area contributed by atoms with E-state index in [1.54, 1.807) is 7.11 Å². The summed E-state index contributed by atoms with van der Waals surface area (Å²) in [6, 6.07) is 11.7. The quantitative estimate of drug-likeness (QED) is 0.735. The first-order valence-corrected chi connectivity index (χ1v) is 8.18. The fourth-order valence-electron chi connectivity index (χ4n) is 2.79. The average Bonchev–Trinajstić information content (AvgIpc) is 3.13. The van der Waals surface area contributed by atoms with E-state index in [2.05, 4.69) is 15.1 Å². The van der Waals surface area contributed by atoms with E-state index in [1.807, 2.05) is 36.4 Å². The molecule has 1 aromatic carbocycles. The summed E-state index contributed by atoms with van der Waals surface area (Å²) in [5, 5.41) is 8.13. The summed E-state index contributed by atoms with van der Waals surface area (Å²) < 4.78 is 10.8. The van der Waals surface area contributed by atoms with Crippen molar-refractivity contribution in [3.05, 3.63) is 36.4 Å². The van der Waals surface area contributed by atoms with Gasteiger partial charge < -0.3 is 14.4 Å². The first-order valence-electron chi connectivity index (χ1n) is 8.18. The van der Waals surface area contributed by atoms with Crippen molar-refractivity contribution >= 4 is 0 Å². The molecular formula is C18H23N3O2. The van der Waals surface area contributed by atoms with Gasteiger partial charge in [-0.25, -0.2) is 0 Å². The van der Waals surface area contributed by atoms with E-state index in [1.165, 1.54) is 25.9 Å². The summed E-state index contributed by atoms with van der Waals surface area (Å²) >= 11 is 0. The number of aromatic nitrogens is 2. The minimum atomic E-state index is 0.520. The minimum absolute atomic E-state index is 0.520. The van der Waals surface area contributed by atoms with E-state index in [9.17, 15) is 0 Å². The molecule has 0 aliphatic carbocycles. The van der Waals surface area contributed by atoms with Crippen LogP contribution in [0, 0.1) is 0 Å². The van der Waals surface area contributed by atoms with Gasteiger partial charge in [-0.05, 0) is 62.7 Å². The zero-order valence-electron chi connectivity index (χ0n) is 13.6. The fourth-order valence-corrected chi connectivity index (χ4v) is 2.79. The molecule has 0 saturated carbocycles. The van der Waals surface area contributed by atoms with Gasteiger partial charge in [-0.2, -0.15) is 0 Å². The zero-order chi connectivity index (χ0) is 15.9. The lowest BCUT2D eigenvalue weighted by Crippen LogP contribution is -2.21. The highest BCUT2D eigenvalue weighted by molar-refractivity contribution is 5.59. The van der Waals surface area contributed by atoms with Crippen LogP contribution < -0.4 is 9.47 Å². The lowest BCUT2D eigenvalue weighted by Gasteiger charge is -2.14. The molecule has 122 valence electrons. The Labute approximate surface area is 137 Å². The van der Waals surface area contributed by atoms with Gasteiger partial charge >= 0.3 is 0 Å². The topological polar surface area (TPSA) is 47.5 Å². The van der Waals surface area contributed by atoms with Crippen molar-refractivity contribution in [1.82, 2.24) is 15.1 Å². The molecule has 1 aliphatic rings. The third-order valence-corrected chi connectivity index (χ3v) is 4.09. The summed E-state index contributed by atoms with van der Waals surface area (Å²) in [6.07, 6.45) is 3.76. The molecule has 1 aliphatic heterocycles. The van der Waals surface area contributed by atoms with Crippen LogP contribution in [0.4, 0.5) is 0 Å². The highest BCUT2D eigenvalue weighted by atomic mass is 16.5. The Morgan fingerprint density at radius 1 is 1.00 bits per heavy atom. The van der Waals surface area contributed by atoms with Gasteiger partial charge in [0.2, 0.25) is 5.88 Å². The molecule has 5 nitrogen and oxygen atoms in total. The molecule has 1 fully saturated rings. The number of hydrogen-bond acceptors (Lipinski definition) is 5. The van der Waals surface area contributed by atoms with Crippen molar-refractivity contribution in [2.75, 3.05) is 33.4 Å². The van der Waals surface area contributed by atoms with Gasteiger partial charge in [0.05, 0.1) is 19.4 Å². The van der Waals surface area contributed by atoms with Crippen molar-refractivity contribution < 1.29 is 9.47 Å². The Morgan fingerprint density at radius 3 is 2.43 bits per heavy atom. The van der Waals surface area contributed by atoms with E-state index in [0.29, 0.717) is 5.88 Å². The third-order valence-electron chi connectivity index (χ3n) is 4.09. The number of methoxy groups -OCH3 is 1. The van der Waals surface area contributed by atoms with Gasteiger partial charge in [0.1, 0.15) is 5.75 Å². The molecule has 2 aromatic rings. The molecule has 0 N–H and O–H groups in total. The Morgan fingerprint density at radius 2 is 1.78 bits per heavy atom. The van der Waals surface area contributed by atoms with Crippen LogP contribution in [-0.2, 0) is 0 Å². The molecule has 0 unspecified atom stereocenters. The molecule has 0 atom stereocenters. The first kappa shape index (κ1) is 15.7. The predicted molar refractivity (Wildman–Crippen MR) is 89.8 cm³/mol. The molecule has 0 spiro atoms. The van der Waals surface area contributed by atoms with Gasteiger partial charge in [0, 0.05) is 18.2 Å². The lowest BCUT2D eigenvalue weighted by molar-refractivity contribution is 0.263. The number of ether oxygens (including phenoxy) is 2. The number of benzene rings is 1. The molecule has 0 radical (unpaired) electrons. The van der Waals surface area contributed by atoms with Crippen LogP contribution in [0.5, 0.6) is 11.6 Å². The van der Waals surface area contributed by atoms with Gasteiger partial charge in [-0.15, -0.1) is 10.2 Å². The summed E-state index contributed by atoms with van der Waals surface area (Å²) in [6.45, 7) is 4.40. The first-order chi connectivity index (χ1) is 11.3. The van der Waals surface area contributed by atoms with Crippen LogP contribution >= 0.6 is 0 Å². The fraction of sp³-hybridized carbons (Fsp3) is 0.444. The highest BCUT2D eigenvalue weighted by Crippen LogP contribution is 2.21. The van der Waals surface area contributed by atoms with Crippen molar-refractivity contribution in [3.63, 3.8) is 0 Å². The van der Waals surface area contributed by atoms with E-state index in [4.69, 9.17) is 9.47 Å². The molecule has 23 heavy (non-hydrogen) atoms. The maximum absolute atomic E-state index is 5.81. The molecule has 0 bridgehead atoms. The van der Waals surface area contributed by atoms with Crippen LogP contribution in [0.2, 0.25) is 0 Å². The number of likely N-dealkylation sites (tertiary alicyclic amines) is 1. The van der Waals surface area contributed by atoms with Crippen LogP contribution in [0.1, 0.15) is 19.3 Å². The Kier molecular flexibility index (Phi) is 5.42. The maximum Gasteiger partial charge on any atom is 0.233 e. The van der Waals surface area contributed by atoms with Crippen LogP contribution in [0.15, 0.2) is 36.4 Å². The van der Waals surface area contributed by atoms with Gasteiger partial charge in [0.15, 0.2) is 0 Å².